The van der Waals surface area contributed by atoms with Gasteiger partial charge in [0.05, 0.1) is 11.4 Å². The van der Waals surface area contributed by atoms with Gasteiger partial charge in [0.1, 0.15) is 0 Å². The van der Waals surface area contributed by atoms with Gasteiger partial charge in [-0.15, -0.1) is 0 Å². The monoisotopic (exact) mass is 244 g/mol. The molecule has 4 N–H and O–H groups in total. The quantitative estimate of drug-likeness (QED) is 0.647. The summed E-state index contributed by atoms with van der Waals surface area (Å²) < 4.78 is 21.9. The molecule has 0 aliphatic carbocycles. The minimum Gasteiger partial charge on any atom is -0.480 e. The summed E-state index contributed by atoms with van der Waals surface area (Å²) in [6.45, 7) is 0.216. The standard InChI is InChI=1S/C9H12N2O4S/c10-16(14,15)8-3-1-7(2-4-8)5-11-6-9(12)13/h1-4,11H,5-6H2,(H,12,13)(H2,10,14,15). The summed E-state index contributed by atoms with van der Waals surface area (Å²) in [6.07, 6.45) is 0. The Bertz CT molecular complexity index is 467. The molecule has 0 amide bonds. The molecule has 1 aromatic rings. The van der Waals surface area contributed by atoms with Gasteiger partial charge in [-0.2, -0.15) is 0 Å². The van der Waals surface area contributed by atoms with Crippen LogP contribution < -0.4 is 10.5 Å². The summed E-state index contributed by atoms with van der Waals surface area (Å²) in [5, 5.41) is 16.0. The highest BCUT2D eigenvalue weighted by Gasteiger charge is 2.06. The Kier molecular flexibility index (Phi) is 3.99. The SMILES string of the molecule is NS(=O)(=O)c1ccc(CNCC(=O)O)cc1. The van der Waals surface area contributed by atoms with Crippen molar-refractivity contribution in [1.82, 2.24) is 5.32 Å². The van der Waals surface area contributed by atoms with Crippen molar-refractivity contribution < 1.29 is 18.3 Å². The fraction of sp³-hybridized carbons (Fsp3) is 0.222. The number of nitrogens with two attached hydrogens (primary N) is 1. The van der Waals surface area contributed by atoms with Crippen molar-refractivity contribution in [1.29, 1.82) is 0 Å². The van der Waals surface area contributed by atoms with E-state index in [0.717, 1.165) is 5.56 Å². The fourth-order valence-electron chi connectivity index (χ4n) is 1.11. The average molecular weight is 244 g/mol. The van der Waals surface area contributed by atoms with Gasteiger partial charge in [0.25, 0.3) is 0 Å². The highest BCUT2D eigenvalue weighted by molar-refractivity contribution is 7.89. The Morgan fingerprint density at radius 2 is 1.88 bits per heavy atom. The normalized spacial score (nSPS) is 11.3. The lowest BCUT2D eigenvalue weighted by Crippen LogP contribution is -2.21. The van der Waals surface area contributed by atoms with Crippen molar-refractivity contribution in [3.8, 4) is 0 Å². The highest BCUT2D eigenvalue weighted by Crippen LogP contribution is 2.08. The Balaban J connectivity index is 2.62. The number of hydrogen-bond acceptors (Lipinski definition) is 4. The molecule has 0 aliphatic heterocycles. The second-order valence-corrected chi connectivity index (χ2v) is 4.75. The van der Waals surface area contributed by atoms with Crippen LogP contribution in [0.5, 0.6) is 0 Å². The summed E-state index contributed by atoms with van der Waals surface area (Å²) in [5.74, 6) is -0.943. The summed E-state index contributed by atoms with van der Waals surface area (Å²) in [6, 6.07) is 5.92. The van der Waals surface area contributed by atoms with Crippen molar-refractivity contribution in [2.45, 2.75) is 11.4 Å². The molecule has 0 unspecified atom stereocenters. The van der Waals surface area contributed by atoms with Crippen LogP contribution in [0.1, 0.15) is 5.56 Å². The van der Waals surface area contributed by atoms with Gasteiger partial charge in [-0.25, -0.2) is 13.6 Å². The van der Waals surface area contributed by atoms with Crippen molar-refractivity contribution in [3.05, 3.63) is 29.8 Å². The highest BCUT2D eigenvalue weighted by atomic mass is 32.2. The molecule has 0 bridgehead atoms. The first-order chi connectivity index (χ1) is 7.39. The van der Waals surface area contributed by atoms with Crippen LogP contribution >= 0.6 is 0 Å². The Morgan fingerprint density at radius 1 is 1.31 bits per heavy atom. The van der Waals surface area contributed by atoms with Gasteiger partial charge in [-0.3, -0.25) is 4.79 Å². The van der Waals surface area contributed by atoms with E-state index in [1.54, 1.807) is 12.1 Å². The van der Waals surface area contributed by atoms with E-state index in [0.29, 0.717) is 6.54 Å². The van der Waals surface area contributed by atoms with Crippen molar-refractivity contribution in [2.24, 2.45) is 5.14 Å². The predicted octanol–water partition coefficient (Wildman–Crippen LogP) is -0.492. The molecule has 0 spiro atoms. The zero-order valence-electron chi connectivity index (χ0n) is 8.38. The number of primary sulfonamides is 1. The molecular weight excluding hydrogens is 232 g/mol. The number of hydrogen-bond donors (Lipinski definition) is 3. The number of sulfonamides is 1. The van der Waals surface area contributed by atoms with Crippen LogP contribution in [-0.4, -0.2) is 26.0 Å². The third kappa shape index (κ3) is 3.97. The molecule has 0 atom stereocenters. The summed E-state index contributed by atoms with van der Waals surface area (Å²) in [4.78, 5) is 10.3. The van der Waals surface area contributed by atoms with E-state index in [4.69, 9.17) is 10.2 Å². The van der Waals surface area contributed by atoms with Gasteiger partial charge >= 0.3 is 5.97 Å². The van der Waals surface area contributed by atoms with Gasteiger partial charge in [-0.05, 0) is 17.7 Å². The lowest BCUT2D eigenvalue weighted by Gasteiger charge is -2.03. The molecule has 0 aliphatic rings. The van der Waals surface area contributed by atoms with Crippen LogP contribution in [-0.2, 0) is 21.4 Å². The molecule has 6 nitrogen and oxygen atoms in total. The predicted molar refractivity (Wildman–Crippen MR) is 57.2 cm³/mol. The molecule has 0 aromatic heterocycles. The maximum absolute atomic E-state index is 10.9. The molecule has 7 heteroatoms. The third-order valence-electron chi connectivity index (χ3n) is 1.86. The largest absolute Gasteiger partial charge is 0.480 e. The minimum absolute atomic E-state index is 0.0366. The van der Waals surface area contributed by atoms with Gasteiger partial charge in [0.15, 0.2) is 0 Å². The van der Waals surface area contributed by atoms with Crippen LogP contribution in [0.15, 0.2) is 29.2 Å². The van der Waals surface area contributed by atoms with E-state index in [2.05, 4.69) is 5.32 Å². The zero-order valence-corrected chi connectivity index (χ0v) is 9.20. The van der Waals surface area contributed by atoms with Crippen molar-refractivity contribution >= 4 is 16.0 Å². The Labute approximate surface area is 93.1 Å². The molecule has 1 aromatic carbocycles. The molecule has 0 saturated carbocycles. The van der Waals surface area contributed by atoms with Crippen LogP contribution in [0, 0.1) is 0 Å². The van der Waals surface area contributed by atoms with E-state index >= 15 is 0 Å². The third-order valence-corrected chi connectivity index (χ3v) is 2.79. The number of carbonyl (C=O) groups is 1. The summed E-state index contributed by atoms with van der Waals surface area (Å²) in [7, 11) is -3.67. The molecule has 0 saturated heterocycles. The van der Waals surface area contributed by atoms with Gasteiger partial charge in [0.2, 0.25) is 10.0 Å². The average Bonchev–Trinajstić information content (AvgIpc) is 2.16. The number of rotatable bonds is 5. The Morgan fingerprint density at radius 3 is 2.31 bits per heavy atom. The van der Waals surface area contributed by atoms with E-state index in [1.165, 1.54) is 12.1 Å². The number of carboxylic acids is 1. The number of nitrogens with one attached hydrogen (secondary N) is 1. The van der Waals surface area contributed by atoms with Gasteiger partial charge in [0, 0.05) is 6.54 Å². The molecule has 1 rings (SSSR count). The minimum atomic E-state index is -3.67. The van der Waals surface area contributed by atoms with Crippen LogP contribution in [0.3, 0.4) is 0 Å². The Hall–Kier alpha value is -1.44. The first-order valence-corrected chi connectivity index (χ1v) is 5.98. The lowest BCUT2D eigenvalue weighted by molar-refractivity contribution is -0.135. The van der Waals surface area contributed by atoms with E-state index in [-0.39, 0.29) is 11.4 Å². The van der Waals surface area contributed by atoms with Gasteiger partial charge in [-0.1, -0.05) is 12.1 Å². The lowest BCUT2D eigenvalue weighted by atomic mass is 10.2. The molecular formula is C9H12N2O4S. The maximum Gasteiger partial charge on any atom is 0.317 e. The number of carboxylic acid groups (broad SMARTS) is 1. The van der Waals surface area contributed by atoms with E-state index in [9.17, 15) is 13.2 Å². The second-order valence-electron chi connectivity index (χ2n) is 3.19. The second kappa shape index (κ2) is 5.06. The molecule has 0 fully saturated rings. The number of benzene rings is 1. The maximum atomic E-state index is 10.9. The molecule has 0 heterocycles. The zero-order chi connectivity index (χ0) is 12.2. The van der Waals surface area contributed by atoms with Crippen LogP contribution in [0.4, 0.5) is 0 Å². The fourth-order valence-corrected chi connectivity index (χ4v) is 1.63. The first-order valence-electron chi connectivity index (χ1n) is 4.44. The smallest absolute Gasteiger partial charge is 0.317 e. The van der Waals surface area contributed by atoms with Crippen molar-refractivity contribution in [3.63, 3.8) is 0 Å². The van der Waals surface area contributed by atoms with Crippen LogP contribution in [0.25, 0.3) is 0 Å². The topological polar surface area (TPSA) is 109 Å². The summed E-state index contributed by atoms with van der Waals surface area (Å²) in [5.41, 5.74) is 0.786. The van der Waals surface area contributed by atoms with Crippen LogP contribution in [0.2, 0.25) is 0 Å². The molecule has 16 heavy (non-hydrogen) atoms. The molecule has 0 radical (unpaired) electrons. The van der Waals surface area contributed by atoms with Gasteiger partial charge < -0.3 is 10.4 Å². The van der Waals surface area contributed by atoms with E-state index < -0.39 is 16.0 Å². The molecule has 88 valence electrons. The van der Waals surface area contributed by atoms with E-state index in [1.807, 2.05) is 0 Å². The summed E-state index contributed by atoms with van der Waals surface area (Å²) >= 11 is 0. The van der Waals surface area contributed by atoms with Crippen molar-refractivity contribution in [2.75, 3.05) is 6.54 Å². The number of aliphatic carboxylic acids is 1. The first kappa shape index (κ1) is 12.6.